The van der Waals surface area contributed by atoms with Crippen LogP contribution < -0.4 is 5.32 Å². The third-order valence-corrected chi connectivity index (χ3v) is 6.32. The lowest BCUT2D eigenvalue weighted by molar-refractivity contribution is 0.0791. The number of hydrogen-bond acceptors (Lipinski definition) is 3. The van der Waals surface area contributed by atoms with Crippen LogP contribution in [0.1, 0.15) is 58.2 Å². The van der Waals surface area contributed by atoms with E-state index in [2.05, 4.69) is 40.9 Å². The standard InChI is InChI=1S/C23H26N4O/c1-15-16(2)27-14-19(23(28)26-12-6-7-13-26)18-10-11-20(17-8-4-3-5-9-17)25-21(18)22(27)24-15/h3-5,8-9,14,20,25H,6-7,10-13H2,1-2H3. The van der Waals surface area contributed by atoms with Crippen molar-refractivity contribution in [1.29, 1.82) is 0 Å². The fourth-order valence-electron chi connectivity index (χ4n) is 4.59. The second-order valence-electron chi connectivity index (χ2n) is 8.02. The van der Waals surface area contributed by atoms with Gasteiger partial charge in [-0.3, -0.25) is 4.79 Å². The molecule has 2 aromatic heterocycles. The van der Waals surface area contributed by atoms with Gasteiger partial charge in [-0.15, -0.1) is 0 Å². The van der Waals surface area contributed by atoms with Crippen LogP contribution in [0.2, 0.25) is 0 Å². The number of aryl methyl sites for hydroxylation is 2. The van der Waals surface area contributed by atoms with E-state index in [9.17, 15) is 4.79 Å². The van der Waals surface area contributed by atoms with Crippen LogP contribution in [0.3, 0.4) is 0 Å². The van der Waals surface area contributed by atoms with Gasteiger partial charge in [0.05, 0.1) is 23.0 Å². The molecule has 0 saturated carbocycles. The summed E-state index contributed by atoms with van der Waals surface area (Å²) in [6.45, 7) is 5.85. The van der Waals surface area contributed by atoms with Gasteiger partial charge in [0.1, 0.15) is 0 Å². The second kappa shape index (κ2) is 6.66. The lowest BCUT2D eigenvalue weighted by atomic mass is 9.91. The largest absolute Gasteiger partial charge is 0.375 e. The van der Waals surface area contributed by atoms with Gasteiger partial charge in [0.2, 0.25) is 0 Å². The Morgan fingerprint density at radius 1 is 1.14 bits per heavy atom. The molecule has 5 nitrogen and oxygen atoms in total. The summed E-state index contributed by atoms with van der Waals surface area (Å²) in [5, 5.41) is 3.73. The maximum absolute atomic E-state index is 13.3. The number of rotatable bonds is 2. The molecule has 1 N–H and O–H groups in total. The first kappa shape index (κ1) is 17.3. The molecular formula is C23H26N4O. The Hall–Kier alpha value is -2.82. The van der Waals surface area contributed by atoms with Crippen LogP contribution in [0.25, 0.3) is 5.65 Å². The fourth-order valence-corrected chi connectivity index (χ4v) is 4.59. The summed E-state index contributed by atoms with van der Waals surface area (Å²) in [6, 6.07) is 10.8. The van der Waals surface area contributed by atoms with Crippen molar-refractivity contribution in [2.45, 2.75) is 45.6 Å². The van der Waals surface area contributed by atoms with Crippen molar-refractivity contribution in [2.24, 2.45) is 0 Å². The van der Waals surface area contributed by atoms with Crippen molar-refractivity contribution in [3.63, 3.8) is 0 Å². The number of carbonyl (C=O) groups excluding carboxylic acids is 1. The van der Waals surface area contributed by atoms with Gasteiger partial charge in [-0.1, -0.05) is 30.3 Å². The molecule has 3 aromatic rings. The fraction of sp³-hybridized carbons (Fsp3) is 0.391. The highest BCUT2D eigenvalue weighted by Gasteiger charge is 2.30. The lowest BCUT2D eigenvalue weighted by Crippen LogP contribution is -2.30. The molecule has 0 aliphatic carbocycles. The van der Waals surface area contributed by atoms with E-state index in [0.717, 1.165) is 72.6 Å². The number of imidazole rings is 1. The minimum atomic E-state index is 0.168. The summed E-state index contributed by atoms with van der Waals surface area (Å²) < 4.78 is 2.10. The Bertz CT molecular complexity index is 1050. The van der Waals surface area contributed by atoms with Gasteiger partial charge < -0.3 is 14.6 Å². The number of amides is 1. The zero-order valence-corrected chi connectivity index (χ0v) is 16.5. The normalized spacial score (nSPS) is 18.9. The molecule has 1 amide bonds. The first-order valence-corrected chi connectivity index (χ1v) is 10.3. The summed E-state index contributed by atoms with van der Waals surface area (Å²) in [5.41, 5.74) is 7.31. The van der Waals surface area contributed by atoms with E-state index in [1.165, 1.54) is 5.56 Å². The quantitative estimate of drug-likeness (QED) is 0.728. The van der Waals surface area contributed by atoms with Crippen LogP contribution >= 0.6 is 0 Å². The maximum Gasteiger partial charge on any atom is 0.255 e. The van der Waals surface area contributed by atoms with E-state index in [0.29, 0.717) is 0 Å². The van der Waals surface area contributed by atoms with E-state index in [4.69, 9.17) is 4.98 Å². The van der Waals surface area contributed by atoms with Gasteiger partial charge in [-0.2, -0.15) is 0 Å². The lowest BCUT2D eigenvalue weighted by Gasteiger charge is -2.30. The Morgan fingerprint density at radius 2 is 1.89 bits per heavy atom. The molecule has 2 aliphatic rings. The molecule has 2 aliphatic heterocycles. The molecule has 1 unspecified atom stereocenters. The zero-order valence-electron chi connectivity index (χ0n) is 16.5. The Morgan fingerprint density at radius 3 is 2.64 bits per heavy atom. The van der Waals surface area contributed by atoms with Crippen LogP contribution in [0.5, 0.6) is 0 Å². The number of pyridine rings is 1. The average molecular weight is 374 g/mol. The zero-order chi connectivity index (χ0) is 19.3. The molecule has 1 fully saturated rings. The molecule has 4 heterocycles. The number of nitrogens with zero attached hydrogens (tertiary/aromatic N) is 3. The van der Waals surface area contributed by atoms with Crippen molar-refractivity contribution in [3.8, 4) is 0 Å². The van der Waals surface area contributed by atoms with Gasteiger partial charge in [-0.05, 0) is 50.7 Å². The SMILES string of the molecule is Cc1nc2c3c(c(C(=O)N4CCCC4)cn2c1C)CCC(c1ccccc1)N3. The van der Waals surface area contributed by atoms with Gasteiger partial charge in [0.25, 0.3) is 5.91 Å². The second-order valence-corrected chi connectivity index (χ2v) is 8.02. The van der Waals surface area contributed by atoms with Crippen molar-refractivity contribution >= 4 is 17.2 Å². The number of likely N-dealkylation sites (tertiary alicyclic amines) is 1. The monoisotopic (exact) mass is 374 g/mol. The summed E-state index contributed by atoms with van der Waals surface area (Å²) in [5.74, 6) is 0.168. The van der Waals surface area contributed by atoms with Gasteiger partial charge in [0.15, 0.2) is 5.65 Å². The minimum Gasteiger partial charge on any atom is -0.375 e. The summed E-state index contributed by atoms with van der Waals surface area (Å²) in [6.07, 6.45) is 6.10. The van der Waals surface area contributed by atoms with Crippen LogP contribution in [0.15, 0.2) is 36.5 Å². The summed E-state index contributed by atoms with van der Waals surface area (Å²) in [4.78, 5) is 20.1. The molecule has 0 radical (unpaired) electrons. The molecule has 1 aromatic carbocycles. The predicted molar refractivity (Wildman–Crippen MR) is 111 cm³/mol. The van der Waals surface area contributed by atoms with Crippen LogP contribution in [0.4, 0.5) is 5.69 Å². The molecule has 5 rings (SSSR count). The van der Waals surface area contributed by atoms with Gasteiger partial charge >= 0.3 is 0 Å². The number of carbonyl (C=O) groups is 1. The smallest absolute Gasteiger partial charge is 0.255 e. The molecule has 1 saturated heterocycles. The summed E-state index contributed by atoms with van der Waals surface area (Å²) in [7, 11) is 0. The number of fused-ring (bicyclic) bond motifs is 3. The first-order chi connectivity index (χ1) is 13.6. The molecule has 0 bridgehead atoms. The first-order valence-electron chi connectivity index (χ1n) is 10.3. The van der Waals surface area contributed by atoms with E-state index in [-0.39, 0.29) is 11.9 Å². The number of anilines is 1. The van der Waals surface area contributed by atoms with Gasteiger partial charge in [0, 0.05) is 25.0 Å². The van der Waals surface area contributed by atoms with E-state index < -0.39 is 0 Å². The van der Waals surface area contributed by atoms with Crippen molar-refractivity contribution in [1.82, 2.24) is 14.3 Å². The van der Waals surface area contributed by atoms with Crippen LogP contribution in [-0.4, -0.2) is 33.3 Å². The molecule has 5 heteroatoms. The topological polar surface area (TPSA) is 49.6 Å². The highest BCUT2D eigenvalue weighted by molar-refractivity contribution is 5.99. The number of benzene rings is 1. The Labute approximate surface area is 165 Å². The molecule has 1 atom stereocenters. The molecule has 144 valence electrons. The summed E-state index contributed by atoms with van der Waals surface area (Å²) >= 11 is 0. The maximum atomic E-state index is 13.3. The third kappa shape index (κ3) is 2.68. The highest BCUT2D eigenvalue weighted by Crippen LogP contribution is 2.38. The Balaban J connectivity index is 1.65. The van der Waals surface area contributed by atoms with Crippen molar-refractivity contribution in [3.05, 3.63) is 64.6 Å². The molecule has 0 spiro atoms. The minimum absolute atomic E-state index is 0.168. The van der Waals surface area contributed by atoms with Gasteiger partial charge in [-0.25, -0.2) is 4.98 Å². The predicted octanol–water partition coefficient (Wildman–Crippen LogP) is 4.29. The van der Waals surface area contributed by atoms with E-state index in [1.807, 2.05) is 24.1 Å². The Kier molecular flexibility index (Phi) is 4.11. The van der Waals surface area contributed by atoms with E-state index >= 15 is 0 Å². The third-order valence-electron chi connectivity index (χ3n) is 6.32. The van der Waals surface area contributed by atoms with Crippen molar-refractivity contribution in [2.75, 3.05) is 18.4 Å². The van der Waals surface area contributed by atoms with E-state index in [1.54, 1.807) is 0 Å². The van der Waals surface area contributed by atoms with Crippen LogP contribution in [0, 0.1) is 13.8 Å². The van der Waals surface area contributed by atoms with Crippen LogP contribution in [-0.2, 0) is 6.42 Å². The number of nitrogens with one attached hydrogen (secondary N) is 1. The molecular weight excluding hydrogens is 348 g/mol. The highest BCUT2D eigenvalue weighted by atomic mass is 16.2. The molecule has 28 heavy (non-hydrogen) atoms. The number of hydrogen-bond donors (Lipinski definition) is 1. The number of aromatic nitrogens is 2. The van der Waals surface area contributed by atoms with Crippen molar-refractivity contribution < 1.29 is 4.79 Å². The average Bonchev–Trinajstić information content (AvgIpc) is 3.37.